The number of thiazole rings is 1. The Morgan fingerprint density at radius 1 is 1.09 bits per heavy atom. The maximum atomic E-state index is 15.2. The summed E-state index contributed by atoms with van der Waals surface area (Å²) in [5.74, 6) is -1.22. The van der Waals surface area contributed by atoms with E-state index >= 15 is 4.39 Å². The first-order valence-corrected chi connectivity index (χ1v) is 12.2. The summed E-state index contributed by atoms with van der Waals surface area (Å²) >= 11 is 1.52. The first-order chi connectivity index (χ1) is 17.0. The number of carboxylic acids is 1. The van der Waals surface area contributed by atoms with Gasteiger partial charge in [-0.15, -0.1) is 11.3 Å². The standard InChI is InChI=1S/C24H21FN6O3S/c25-17-11-15-19(31(14-1-2-14)13-16(21(15)32)23(33)34)12-20(17)29-6-8-30(9-7-29)24-27-4-3-18(28-24)22-26-5-10-35-22/h3-5,10-14H,1-2,6-9H2,(H,33,34). The van der Waals surface area contributed by atoms with Crippen molar-refractivity contribution < 1.29 is 14.3 Å². The van der Waals surface area contributed by atoms with E-state index in [2.05, 4.69) is 19.9 Å². The second kappa shape index (κ2) is 8.42. The molecule has 1 aliphatic carbocycles. The van der Waals surface area contributed by atoms with Gasteiger partial charge in [0.1, 0.15) is 22.1 Å². The lowest BCUT2D eigenvalue weighted by Crippen LogP contribution is -2.47. The third-order valence-corrected chi connectivity index (χ3v) is 7.26. The number of nitrogens with zero attached hydrogens (tertiary/aromatic N) is 6. The SMILES string of the molecule is O=C(O)c1cn(C2CC2)c2cc(N3CCN(c4nccc(-c5nccs5)n4)CC3)c(F)cc2c1=O. The Bertz CT molecular complexity index is 1490. The summed E-state index contributed by atoms with van der Waals surface area (Å²) in [7, 11) is 0. The molecule has 178 valence electrons. The largest absolute Gasteiger partial charge is 0.477 e. The molecule has 1 aliphatic heterocycles. The molecular formula is C24H21FN6O3S. The van der Waals surface area contributed by atoms with Gasteiger partial charge < -0.3 is 19.5 Å². The van der Waals surface area contributed by atoms with Gasteiger partial charge in [0.2, 0.25) is 11.4 Å². The van der Waals surface area contributed by atoms with Crippen molar-refractivity contribution in [2.24, 2.45) is 0 Å². The predicted molar refractivity (Wildman–Crippen MR) is 131 cm³/mol. The summed E-state index contributed by atoms with van der Waals surface area (Å²) in [6.07, 6.45) is 6.67. The molecule has 0 unspecified atom stereocenters. The van der Waals surface area contributed by atoms with Gasteiger partial charge in [-0.05, 0) is 31.0 Å². The number of anilines is 2. The van der Waals surface area contributed by atoms with E-state index in [1.807, 2.05) is 20.9 Å². The molecule has 0 spiro atoms. The summed E-state index contributed by atoms with van der Waals surface area (Å²) in [4.78, 5) is 41.7. The van der Waals surface area contributed by atoms with E-state index in [-0.39, 0.29) is 17.0 Å². The molecule has 9 nitrogen and oxygen atoms in total. The van der Waals surface area contributed by atoms with E-state index in [0.29, 0.717) is 43.3 Å². The minimum absolute atomic E-state index is 0.101. The molecule has 4 heterocycles. The molecule has 4 aromatic rings. The van der Waals surface area contributed by atoms with Crippen molar-refractivity contribution in [2.45, 2.75) is 18.9 Å². The molecule has 3 aromatic heterocycles. The van der Waals surface area contributed by atoms with E-state index < -0.39 is 17.2 Å². The van der Waals surface area contributed by atoms with Gasteiger partial charge in [-0.3, -0.25) is 4.79 Å². The van der Waals surface area contributed by atoms with Crippen LogP contribution >= 0.6 is 11.3 Å². The van der Waals surface area contributed by atoms with Crippen LogP contribution in [0.5, 0.6) is 0 Å². The second-order valence-corrected chi connectivity index (χ2v) is 9.58. The number of halogens is 1. The Balaban J connectivity index is 1.29. The number of piperazine rings is 1. The van der Waals surface area contributed by atoms with E-state index in [0.717, 1.165) is 23.5 Å². The van der Waals surface area contributed by atoms with Crippen molar-refractivity contribution in [2.75, 3.05) is 36.0 Å². The van der Waals surface area contributed by atoms with Crippen LogP contribution in [-0.4, -0.2) is 56.8 Å². The Kier molecular flexibility index (Phi) is 5.21. The van der Waals surface area contributed by atoms with E-state index in [4.69, 9.17) is 0 Å². The molecule has 11 heteroatoms. The molecule has 2 fully saturated rings. The van der Waals surface area contributed by atoms with Gasteiger partial charge in [-0.1, -0.05) is 0 Å². The zero-order valence-corrected chi connectivity index (χ0v) is 19.4. The number of carboxylic acid groups (broad SMARTS) is 1. The van der Waals surface area contributed by atoms with Crippen LogP contribution in [0.2, 0.25) is 0 Å². The van der Waals surface area contributed by atoms with Crippen LogP contribution in [0, 0.1) is 5.82 Å². The third-order valence-electron chi connectivity index (χ3n) is 6.47. The average molecular weight is 493 g/mol. The first kappa shape index (κ1) is 21.7. The summed E-state index contributed by atoms with van der Waals surface area (Å²) in [5, 5.41) is 12.3. The van der Waals surface area contributed by atoms with Gasteiger partial charge in [0.15, 0.2) is 0 Å². The molecule has 1 saturated heterocycles. The van der Waals surface area contributed by atoms with Crippen LogP contribution in [-0.2, 0) is 0 Å². The number of carbonyl (C=O) groups is 1. The molecule has 35 heavy (non-hydrogen) atoms. The van der Waals surface area contributed by atoms with E-state index in [9.17, 15) is 14.7 Å². The summed E-state index contributed by atoms with van der Waals surface area (Å²) in [6, 6.07) is 4.84. The second-order valence-electron chi connectivity index (χ2n) is 8.69. The fraction of sp³-hybridized carbons (Fsp3) is 0.292. The Morgan fingerprint density at radius 2 is 1.86 bits per heavy atom. The monoisotopic (exact) mass is 492 g/mol. The van der Waals surface area contributed by atoms with Crippen LogP contribution in [0.25, 0.3) is 21.6 Å². The number of aromatic carboxylic acids is 1. The van der Waals surface area contributed by atoms with E-state index in [1.54, 1.807) is 18.5 Å². The highest BCUT2D eigenvalue weighted by Gasteiger charge is 2.29. The third kappa shape index (κ3) is 3.91. The van der Waals surface area contributed by atoms with Crippen molar-refractivity contribution in [3.05, 3.63) is 63.8 Å². The fourth-order valence-electron chi connectivity index (χ4n) is 4.53. The molecule has 0 radical (unpaired) electrons. The Morgan fingerprint density at radius 3 is 2.54 bits per heavy atom. The zero-order chi connectivity index (χ0) is 24.1. The molecule has 2 aliphatic rings. The number of hydrogen-bond donors (Lipinski definition) is 1. The number of fused-ring (bicyclic) bond motifs is 1. The van der Waals surface area contributed by atoms with E-state index in [1.165, 1.54) is 23.6 Å². The summed E-state index contributed by atoms with van der Waals surface area (Å²) < 4.78 is 17.0. The van der Waals surface area contributed by atoms with Crippen molar-refractivity contribution in [1.29, 1.82) is 0 Å². The molecule has 0 atom stereocenters. The zero-order valence-electron chi connectivity index (χ0n) is 18.6. The number of pyridine rings is 1. The minimum Gasteiger partial charge on any atom is -0.477 e. The lowest BCUT2D eigenvalue weighted by atomic mass is 10.1. The molecule has 1 N–H and O–H groups in total. The van der Waals surface area contributed by atoms with Crippen LogP contribution in [0.3, 0.4) is 0 Å². The van der Waals surface area contributed by atoms with Crippen molar-refractivity contribution in [1.82, 2.24) is 19.5 Å². The quantitative estimate of drug-likeness (QED) is 0.452. The minimum atomic E-state index is -1.30. The van der Waals surface area contributed by atoms with Gasteiger partial charge in [0.05, 0.1) is 11.2 Å². The lowest BCUT2D eigenvalue weighted by molar-refractivity contribution is 0.0695. The van der Waals surface area contributed by atoms with Gasteiger partial charge in [-0.25, -0.2) is 24.1 Å². The maximum Gasteiger partial charge on any atom is 0.341 e. The van der Waals surface area contributed by atoms with Crippen LogP contribution < -0.4 is 15.2 Å². The van der Waals surface area contributed by atoms with Crippen LogP contribution in [0.1, 0.15) is 29.2 Å². The number of aromatic nitrogens is 4. The Hall–Kier alpha value is -3.86. The van der Waals surface area contributed by atoms with Gasteiger partial charge in [0, 0.05) is 61.6 Å². The van der Waals surface area contributed by atoms with Crippen molar-refractivity contribution in [3.63, 3.8) is 0 Å². The van der Waals surface area contributed by atoms with Crippen molar-refractivity contribution >= 4 is 39.8 Å². The van der Waals surface area contributed by atoms with Crippen LogP contribution in [0.4, 0.5) is 16.0 Å². The highest BCUT2D eigenvalue weighted by molar-refractivity contribution is 7.13. The lowest BCUT2D eigenvalue weighted by Gasteiger charge is -2.36. The molecule has 0 bridgehead atoms. The van der Waals surface area contributed by atoms with Gasteiger partial charge in [0.25, 0.3) is 0 Å². The average Bonchev–Trinajstić information content (AvgIpc) is 3.56. The maximum absolute atomic E-state index is 15.2. The predicted octanol–water partition coefficient (Wildman–Crippen LogP) is 3.41. The fourth-order valence-corrected chi connectivity index (χ4v) is 5.13. The number of benzene rings is 1. The molecule has 1 aromatic carbocycles. The Labute approximate surface area is 203 Å². The molecule has 0 amide bonds. The molecule has 6 rings (SSSR count). The highest BCUT2D eigenvalue weighted by Crippen LogP contribution is 2.38. The topological polar surface area (TPSA) is 104 Å². The smallest absolute Gasteiger partial charge is 0.341 e. The molecular weight excluding hydrogens is 471 g/mol. The highest BCUT2D eigenvalue weighted by atomic mass is 32.1. The van der Waals surface area contributed by atoms with Gasteiger partial charge >= 0.3 is 5.97 Å². The first-order valence-electron chi connectivity index (χ1n) is 11.3. The summed E-state index contributed by atoms with van der Waals surface area (Å²) in [5.41, 5.74) is 0.765. The number of hydrogen-bond acceptors (Lipinski definition) is 8. The van der Waals surface area contributed by atoms with Crippen LogP contribution in [0.15, 0.2) is 47.0 Å². The van der Waals surface area contributed by atoms with Gasteiger partial charge in [-0.2, -0.15) is 0 Å². The normalized spacial score (nSPS) is 16.1. The molecule has 1 saturated carbocycles. The number of rotatable bonds is 5. The van der Waals surface area contributed by atoms with Crippen molar-refractivity contribution in [3.8, 4) is 10.7 Å². The summed E-state index contributed by atoms with van der Waals surface area (Å²) in [6.45, 7) is 2.31.